The molecule has 0 unspecified atom stereocenters. The average Bonchev–Trinajstić information content (AvgIpc) is 2.50. The highest BCUT2D eigenvalue weighted by Gasteiger charge is 2.16. The Labute approximate surface area is 137 Å². The minimum Gasteiger partial charge on any atom is -0.324 e. The largest absolute Gasteiger partial charge is 0.324 e. The first-order chi connectivity index (χ1) is 10.9. The molecule has 0 saturated heterocycles. The summed E-state index contributed by atoms with van der Waals surface area (Å²) in [6.45, 7) is 7.40. The molecule has 0 bridgehead atoms. The number of anilines is 2. The van der Waals surface area contributed by atoms with Crippen molar-refractivity contribution in [3.8, 4) is 0 Å². The lowest BCUT2D eigenvalue weighted by atomic mass is 10.1. The van der Waals surface area contributed by atoms with Gasteiger partial charge in [-0.1, -0.05) is 29.8 Å². The number of nitrogens with one attached hydrogen (secondary N) is 1. The highest BCUT2D eigenvalue weighted by Crippen LogP contribution is 2.19. The summed E-state index contributed by atoms with van der Waals surface area (Å²) in [4.78, 5) is 25.7. The fourth-order valence-corrected chi connectivity index (χ4v) is 2.33. The van der Waals surface area contributed by atoms with Gasteiger partial charge in [0.1, 0.15) is 6.54 Å². The molecule has 0 radical (unpaired) electrons. The average molecular weight is 310 g/mol. The molecule has 23 heavy (non-hydrogen) atoms. The SMILES string of the molecule is CC(=O)N(CC(=O)Nc1cccc(C)c1C)c1ccc(C)cc1. The molecule has 1 N–H and O–H groups in total. The maximum absolute atomic E-state index is 12.3. The van der Waals surface area contributed by atoms with Crippen molar-refractivity contribution in [3.05, 3.63) is 59.2 Å². The van der Waals surface area contributed by atoms with Gasteiger partial charge in [-0.15, -0.1) is 0 Å². The number of benzene rings is 2. The van der Waals surface area contributed by atoms with Crippen molar-refractivity contribution in [1.82, 2.24) is 0 Å². The molecule has 2 aromatic rings. The third-order valence-electron chi connectivity index (χ3n) is 3.91. The lowest BCUT2D eigenvalue weighted by Crippen LogP contribution is -2.36. The van der Waals surface area contributed by atoms with Crippen LogP contribution in [0.5, 0.6) is 0 Å². The van der Waals surface area contributed by atoms with Gasteiger partial charge in [0.05, 0.1) is 0 Å². The van der Waals surface area contributed by atoms with Crippen LogP contribution >= 0.6 is 0 Å². The number of aryl methyl sites for hydroxylation is 2. The quantitative estimate of drug-likeness (QED) is 0.938. The van der Waals surface area contributed by atoms with E-state index in [1.165, 1.54) is 11.8 Å². The second-order valence-corrected chi connectivity index (χ2v) is 5.74. The van der Waals surface area contributed by atoms with Gasteiger partial charge in [0.25, 0.3) is 0 Å². The Kier molecular flexibility index (Phi) is 5.16. The number of hydrogen-bond acceptors (Lipinski definition) is 2. The molecule has 0 spiro atoms. The summed E-state index contributed by atoms with van der Waals surface area (Å²) in [5.41, 5.74) is 4.76. The first-order valence-electron chi connectivity index (χ1n) is 7.59. The summed E-state index contributed by atoms with van der Waals surface area (Å²) in [6.07, 6.45) is 0. The molecule has 0 heterocycles. The summed E-state index contributed by atoms with van der Waals surface area (Å²) in [6, 6.07) is 13.3. The van der Waals surface area contributed by atoms with Gasteiger partial charge in [-0.05, 0) is 50.1 Å². The number of amides is 2. The second-order valence-electron chi connectivity index (χ2n) is 5.74. The van der Waals surface area contributed by atoms with Crippen molar-refractivity contribution in [2.45, 2.75) is 27.7 Å². The van der Waals surface area contributed by atoms with Crippen LogP contribution in [0.2, 0.25) is 0 Å². The van der Waals surface area contributed by atoms with E-state index < -0.39 is 0 Å². The number of carbonyl (C=O) groups is 2. The summed E-state index contributed by atoms with van der Waals surface area (Å²) in [7, 11) is 0. The Hall–Kier alpha value is -2.62. The third kappa shape index (κ3) is 4.19. The normalized spacial score (nSPS) is 10.3. The van der Waals surface area contributed by atoms with Crippen molar-refractivity contribution < 1.29 is 9.59 Å². The maximum Gasteiger partial charge on any atom is 0.244 e. The van der Waals surface area contributed by atoms with E-state index in [2.05, 4.69) is 5.32 Å². The Balaban J connectivity index is 2.14. The molecule has 0 fully saturated rings. The Morgan fingerprint density at radius 1 is 1.00 bits per heavy atom. The first kappa shape index (κ1) is 16.7. The molecular weight excluding hydrogens is 288 g/mol. The van der Waals surface area contributed by atoms with E-state index in [0.717, 1.165) is 28.1 Å². The van der Waals surface area contributed by atoms with Crippen molar-refractivity contribution in [2.75, 3.05) is 16.8 Å². The minimum atomic E-state index is -0.213. The molecule has 2 rings (SSSR count). The molecular formula is C19H22N2O2. The van der Waals surface area contributed by atoms with Gasteiger partial charge in [0.2, 0.25) is 11.8 Å². The van der Waals surface area contributed by atoms with Crippen LogP contribution in [0.15, 0.2) is 42.5 Å². The highest BCUT2D eigenvalue weighted by molar-refractivity contribution is 6.02. The molecule has 4 heteroatoms. The minimum absolute atomic E-state index is 0.00816. The van der Waals surface area contributed by atoms with Crippen LogP contribution in [0.4, 0.5) is 11.4 Å². The monoisotopic (exact) mass is 310 g/mol. The smallest absolute Gasteiger partial charge is 0.244 e. The van der Waals surface area contributed by atoms with Gasteiger partial charge in [-0.2, -0.15) is 0 Å². The fourth-order valence-electron chi connectivity index (χ4n) is 2.33. The van der Waals surface area contributed by atoms with E-state index in [-0.39, 0.29) is 18.4 Å². The number of carbonyl (C=O) groups excluding carboxylic acids is 2. The third-order valence-corrected chi connectivity index (χ3v) is 3.91. The zero-order valence-corrected chi connectivity index (χ0v) is 14.0. The van der Waals surface area contributed by atoms with Crippen LogP contribution in [-0.4, -0.2) is 18.4 Å². The molecule has 120 valence electrons. The van der Waals surface area contributed by atoms with E-state index in [1.54, 1.807) is 0 Å². The highest BCUT2D eigenvalue weighted by atomic mass is 16.2. The standard InChI is InChI=1S/C19H22N2O2/c1-13-8-10-17(11-9-13)21(16(4)22)12-19(23)20-18-7-5-6-14(2)15(18)3/h5-11H,12H2,1-4H3,(H,20,23). The number of rotatable bonds is 4. The topological polar surface area (TPSA) is 49.4 Å². The van der Waals surface area contributed by atoms with E-state index in [0.29, 0.717) is 0 Å². The maximum atomic E-state index is 12.3. The molecule has 0 aromatic heterocycles. The molecule has 0 aliphatic rings. The predicted molar refractivity (Wildman–Crippen MR) is 93.8 cm³/mol. The Morgan fingerprint density at radius 3 is 2.26 bits per heavy atom. The molecule has 0 atom stereocenters. The summed E-state index contributed by atoms with van der Waals surface area (Å²) >= 11 is 0. The molecule has 0 aliphatic heterocycles. The van der Waals surface area contributed by atoms with Gasteiger partial charge in [-0.3, -0.25) is 9.59 Å². The number of hydrogen-bond donors (Lipinski definition) is 1. The van der Waals surface area contributed by atoms with Gasteiger partial charge in [0.15, 0.2) is 0 Å². The fraction of sp³-hybridized carbons (Fsp3) is 0.263. The second kappa shape index (κ2) is 7.09. The van der Waals surface area contributed by atoms with Crippen LogP contribution in [-0.2, 0) is 9.59 Å². The Bertz CT molecular complexity index is 721. The predicted octanol–water partition coefficient (Wildman–Crippen LogP) is 3.60. The van der Waals surface area contributed by atoms with E-state index >= 15 is 0 Å². The van der Waals surface area contributed by atoms with Gasteiger partial charge < -0.3 is 10.2 Å². The summed E-state index contributed by atoms with van der Waals surface area (Å²) < 4.78 is 0. The molecule has 0 saturated carbocycles. The van der Waals surface area contributed by atoms with Crippen LogP contribution in [0.1, 0.15) is 23.6 Å². The first-order valence-corrected chi connectivity index (χ1v) is 7.59. The molecule has 2 amide bonds. The summed E-state index contributed by atoms with van der Waals surface area (Å²) in [5.74, 6) is -0.376. The van der Waals surface area contributed by atoms with Crippen molar-refractivity contribution in [2.24, 2.45) is 0 Å². The molecule has 2 aromatic carbocycles. The summed E-state index contributed by atoms with van der Waals surface area (Å²) in [5, 5.41) is 2.88. The van der Waals surface area contributed by atoms with Crippen LogP contribution < -0.4 is 10.2 Å². The van der Waals surface area contributed by atoms with Gasteiger partial charge in [-0.25, -0.2) is 0 Å². The lowest BCUT2D eigenvalue weighted by molar-refractivity contribution is -0.120. The van der Waals surface area contributed by atoms with Crippen LogP contribution in [0.25, 0.3) is 0 Å². The van der Waals surface area contributed by atoms with E-state index in [9.17, 15) is 9.59 Å². The van der Waals surface area contributed by atoms with Gasteiger partial charge >= 0.3 is 0 Å². The van der Waals surface area contributed by atoms with Crippen molar-refractivity contribution in [3.63, 3.8) is 0 Å². The Morgan fingerprint density at radius 2 is 1.65 bits per heavy atom. The van der Waals surface area contributed by atoms with E-state index in [4.69, 9.17) is 0 Å². The van der Waals surface area contributed by atoms with Crippen LogP contribution in [0, 0.1) is 20.8 Å². The van der Waals surface area contributed by atoms with Gasteiger partial charge in [0, 0.05) is 18.3 Å². The zero-order chi connectivity index (χ0) is 17.0. The van der Waals surface area contributed by atoms with Crippen molar-refractivity contribution >= 4 is 23.2 Å². The zero-order valence-electron chi connectivity index (χ0n) is 14.0. The lowest BCUT2D eigenvalue weighted by Gasteiger charge is -2.21. The molecule has 0 aliphatic carbocycles. The molecule has 4 nitrogen and oxygen atoms in total. The van der Waals surface area contributed by atoms with E-state index in [1.807, 2.05) is 63.2 Å². The van der Waals surface area contributed by atoms with Crippen molar-refractivity contribution in [1.29, 1.82) is 0 Å². The van der Waals surface area contributed by atoms with Crippen LogP contribution in [0.3, 0.4) is 0 Å². The number of nitrogens with zero attached hydrogens (tertiary/aromatic N) is 1.